The van der Waals surface area contributed by atoms with Crippen LogP contribution in [0.25, 0.3) is 0 Å². The second-order valence-corrected chi connectivity index (χ2v) is 11.5. The van der Waals surface area contributed by atoms with Gasteiger partial charge in [-0.1, -0.05) is 6.92 Å². The Kier molecular flexibility index (Phi) is 22.7. The van der Waals surface area contributed by atoms with Crippen LogP contribution in [0.4, 0.5) is 0 Å². The van der Waals surface area contributed by atoms with E-state index in [4.69, 9.17) is 9.47 Å². The minimum Gasteiger partial charge on any atom is -0.480 e. The van der Waals surface area contributed by atoms with Gasteiger partial charge in [0.2, 0.25) is 17.7 Å². The summed E-state index contributed by atoms with van der Waals surface area (Å²) in [5, 5.41) is 36.4. The van der Waals surface area contributed by atoms with E-state index in [0.717, 1.165) is 6.42 Å². The lowest BCUT2D eigenvalue weighted by molar-refractivity contribution is -0.140. The molecule has 3 amide bonds. The zero-order chi connectivity index (χ0) is 35.7. The van der Waals surface area contributed by atoms with E-state index in [1.807, 2.05) is 6.92 Å². The molecule has 0 saturated carbocycles. The molecule has 0 unspecified atom stereocenters. The lowest BCUT2D eigenvalue weighted by Gasteiger charge is -2.33. The zero-order valence-corrected chi connectivity index (χ0v) is 28.3. The van der Waals surface area contributed by atoms with Gasteiger partial charge in [-0.2, -0.15) is 0 Å². The molecule has 1 fully saturated rings. The van der Waals surface area contributed by atoms with Crippen molar-refractivity contribution in [1.82, 2.24) is 35.6 Å². The number of nitrogens with one attached hydrogen (secondary N) is 3. The fourth-order valence-corrected chi connectivity index (χ4v) is 4.91. The van der Waals surface area contributed by atoms with Gasteiger partial charge in [-0.05, 0) is 19.3 Å². The number of nitrogens with zero attached hydrogens (tertiary/aromatic N) is 4. The summed E-state index contributed by atoms with van der Waals surface area (Å²) in [7, 11) is 1.51. The van der Waals surface area contributed by atoms with Crippen LogP contribution in [0.5, 0.6) is 0 Å². The van der Waals surface area contributed by atoms with Crippen LogP contribution < -0.4 is 16.0 Å². The Balaban J connectivity index is 3.01. The third-order valence-corrected chi connectivity index (χ3v) is 7.43. The number of ether oxygens (including phenoxy) is 2. The molecule has 18 heteroatoms. The van der Waals surface area contributed by atoms with Gasteiger partial charge in [-0.3, -0.25) is 48.4 Å². The topological polar surface area (TPSA) is 231 Å². The van der Waals surface area contributed by atoms with Gasteiger partial charge in [-0.15, -0.1) is 0 Å². The zero-order valence-electron chi connectivity index (χ0n) is 28.3. The molecular weight excluding hydrogens is 634 g/mol. The van der Waals surface area contributed by atoms with E-state index in [-0.39, 0.29) is 97.3 Å². The molecule has 1 aliphatic rings. The minimum absolute atomic E-state index is 0.0153. The highest BCUT2D eigenvalue weighted by Crippen LogP contribution is 2.03. The highest BCUT2D eigenvalue weighted by Gasteiger charge is 2.25. The summed E-state index contributed by atoms with van der Waals surface area (Å²) in [6.45, 7) is 5.00. The number of methoxy groups -OCH3 is 1. The highest BCUT2D eigenvalue weighted by atomic mass is 16.5. The minimum atomic E-state index is -1.05. The molecule has 0 aromatic heterocycles. The number of rotatable bonds is 22. The normalized spacial score (nSPS) is 16.6. The summed E-state index contributed by atoms with van der Waals surface area (Å²) < 4.78 is 10.4. The molecule has 0 aromatic rings. The van der Waals surface area contributed by atoms with Crippen molar-refractivity contribution in [2.75, 3.05) is 119 Å². The number of carbonyl (C=O) groups is 6. The van der Waals surface area contributed by atoms with Crippen molar-refractivity contribution in [2.45, 2.75) is 38.6 Å². The van der Waals surface area contributed by atoms with E-state index in [9.17, 15) is 44.1 Å². The lowest BCUT2D eigenvalue weighted by Crippen LogP contribution is -2.52. The molecule has 18 nitrogen and oxygen atoms in total. The molecular formula is C30H55N7O11. The fraction of sp³-hybridized carbons (Fsp3) is 0.800. The monoisotopic (exact) mass is 689 g/mol. The van der Waals surface area contributed by atoms with Gasteiger partial charge >= 0.3 is 17.9 Å². The standard InChI is InChI=1S/C30H55N7O11/c1-3-17-48-18-4-7-32-30(46)24(5-6-25(38)31-8-19-47-2)33-26(39)20-34-9-11-35(21-27(40)41)13-15-37(23-29(44)45)16-14-36(12-10-34)22-28(42)43/h24H,3-23H2,1-2H3,(H,31,38)(H,32,46)(H,33,39)(H,40,41)(H,42,43)(H,44,45)/t24-/m1/s1. The Hall–Kier alpha value is -3.42. The Bertz CT molecular complexity index is 972. The number of hydrogen-bond acceptors (Lipinski definition) is 12. The first-order chi connectivity index (χ1) is 22.9. The van der Waals surface area contributed by atoms with Crippen molar-refractivity contribution in [2.24, 2.45) is 0 Å². The quantitative estimate of drug-likeness (QED) is 0.0642. The van der Waals surface area contributed by atoms with E-state index in [1.165, 1.54) is 7.11 Å². The average molecular weight is 690 g/mol. The molecule has 0 aliphatic carbocycles. The molecule has 1 heterocycles. The first kappa shape index (κ1) is 42.6. The van der Waals surface area contributed by atoms with E-state index in [2.05, 4.69) is 16.0 Å². The molecule has 276 valence electrons. The number of carboxylic acids is 3. The maximum atomic E-state index is 13.3. The van der Waals surface area contributed by atoms with Crippen LogP contribution in [0.3, 0.4) is 0 Å². The summed E-state index contributed by atoms with van der Waals surface area (Å²) in [6.07, 6.45) is 1.49. The predicted octanol–water partition coefficient (Wildman–Crippen LogP) is -2.58. The Morgan fingerprint density at radius 2 is 1.12 bits per heavy atom. The molecule has 0 spiro atoms. The number of carbonyl (C=O) groups excluding carboxylic acids is 3. The summed E-state index contributed by atoms with van der Waals surface area (Å²) in [5.41, 5.74) is 0. The van der Waals surface area contributed by atoms with E-state index in [0.29, 0.717) is 39.3 Å². The van der Waals surface area contributed by atoms with Gasteiger partial charge in [0.1, 0.15) is 6.04 Å². The number of carboxylic acid groups (broad SMARTS) is 3. The lowest BCUT2D eigenvalue weighted by atomic mass is 10.1. The first-order valence-electron chi connectivity index (χ1n) is 16.4. The molecule has 48 heavy (non-hydrogen) atoms. The smallest absolute Gasteiger partial charge is 0.317 e. The fourth-order valence-electron chi connectivity index (χ4n) is 4.91. The maximum absolute atomic E-state index is 13.3. The maximum Gasteiger partial charge on any atom is 0.317 e. The second kappa shape index (κ2) is 25.6. The molecule has 0 radical (unpaired) electrons. The average Bonchev–Trinajstić information content (AvgIpc) is 3.01. The first-order valence-corrected chi connectivity index (χ1v) is 16.4. The summed E-state index contributed by atoms with van der Waals surface area (Å²) in [5.74, 6) is -4.39. The van der Waals surface area contributed by atoms with Gasteiger partial charge in [0.15, 0.2) is 0 Å². The van der Waals surface area contributed by atoms with Crippen LogP contribution in [-0.2, 0) is 38.2 Å². The van der Waals surface area contributed by atoms with Crippen molar-refractivity contribution in [3.63, 3.8) is 0 Å². The Morgan fingerprint density at radius 3 is 1.56 bits per heavy atom. The summed E-state index contributed by atoms with van der Waals surface area (Å²) in [4.78, 5) is 79.9. The van der Waals surface area contributed by atoms with Crippen LogP contribution >= 0.6 is 0 Å². The van der Waals surface area contributed by atoms with Gasteiger partial charge in [0.25, 0.3) is 0 Å². The van der Waals surface area contributed by atoms with Crippen LogP contribution in [0.1, 0.15) is 32.6 Å². The van der Waals surface area contributed by atoms with Crippen molar-refractivity contribution < 1.29 is 53.6 Å². The van der Waals surface area contributed by atoms with Crippen LogP contribution in [-0.4, -0.2) is 195 Å². The van der Waals surface area contributed by atoms with Crippen molar-refractivity contribution in [3.8, 4) is 0 Å². The number of aliphatic carboxylic acids is 3. The van der Waals surface area contributed by atoms with E-state index >= 15 is 0 Å². The van der Waals surface area contributed by atoms with E-state index in [1.54, 1.807) is 19.6 Å². The number of amides is 3. The second-order valence-electron chi connectivity index (χ2n) is 11.5. The summed E-state index contributed by atoms with van der Waals surface area (Å²) in [6, 6.07) is -0.998. The number of hydrogen-bond donors (Lipinski definition) is 6. The van der Waals surface area contributed by atoms with Crippen LogP contribution in [0.2, 0.25) is 0 Å². The molecule has 0 bridgehead atoms. The molecule has 0 aromatic carbocycles. The predicted molar refractivity (Wildman–Crippen MR) is 173 cm³/mol. The van der Waals surface area contributed by atoms with Crippen LogP contribution in [0.15, 0.2) is 0 Å². The summed E-state index contributed by atoms with van der Waals surface area (Å²) >= 11 is 0. The van der Waals surface area contributed by atoms with Gasteiger partial charge < -0.3 is 40.7 Å². The molecule has 6 N–H and O–H groups in total. The Morgan fingerprint density at radius 1 is 0.646 bits per heavy atom. The van der Waals surface area contributed by atoms with Gasteiger partial charge in [0.05, 0.1) is 32.8 Å². The Labute approximate surface area is 282 Å². The SMILES string of the molecule is CCCOCCCNC(=O)[C@@H](CCC(=O)NCCOC)NC(=O)CN1CCN(CC(=O)O)CCN(CC(=O)O)CCN(CC(=O)O)CC1. The molecule has 1 atom stereocenters. The van der Waals surface area contributed by atoms with Crippen molar-refractivity contribution in [1.29, 1.82) is 0 Å². The van der Waals surface area contributed by atoms with E-state index < -0.39 is 35.8 Å². The molecule has 1 saturated heterocycles. The largest absolute Gasteiger partial charge is 0.480 e. The van der Waals surface area contributed by atoms with Crippen LogP contribution in [0, 0.1) is 0 Å². The van der Waals surface area contributed by atoms with Gasteiger partial charge in [0, 0.05) is 92.2 Å². The third kappa shape index (κ3) is 21.5. The highest BCUT2D eigenvalue weighted by molar-refractivity contribution is 5.89. The molecule has 1 rings (SSSR count). The third-order valence-electron chi connectivity index (χ3n) is 7.43. The van der Waals surface area contributed by atoms with Crippen molar-refractivity contribution in [3.05, 3.63) is 0 Å². The van der Waals surface area contributed by atoms with Crippen molar-refractivity contribution >= 4 is 35.6 Å². The molecule has 1 aliphatic heterocycles. The van der Waals surface area contributed by atoms with Gasteiger partial charge in [-0.25, -0.2) is 0 Å².